The Hall–Kier alpha value is -1.59. The number of halogens is 1. The number of nitrogens with one attached hydrogen (secondary N) is 1. The van der Waals surface area contributed by atoms with Gasteiger partial charge in [0.1, 0.15) is 6.04 Å². The monoisotopic (exact) mass is 310 g/mol. The number of anilines is 1. The van der Waals surface area contributed by atoms with Gasteiger partial charge in [0.25, 0.3) is 0 Å². The topological polar surface area (TPSA) is 58.6 Å². The number of carbonyl (C=O) groups excluding carboxylic acids is 2. The Balaban J connectivity index is 2.02. The van der Waals surface area contributed by atoms with Gasteiger partial charge in [-0.2, -0.15) is 0 Å². The second-order valence-corrected chi connectivity index (χ2v) is 5.37. The molecule has 1 aromatic rings. The maximum Gasteiger partial charge on any atom is 0.243 e. The third kappa shape index (κ3) is 3.95. The van der Waals surface area contributed by atoms with Crippen LogP contribution >= 0.6 is 11.6 Å². The zero-order valence-electron chi connectivity index (χ0n) is 12.0. The van der Waals surface area contributed by atoms with Crippen LogP contribution in [0.3, 0.4) is 0 Å². The molecule has 1 N–H and O–H groups in total. The van der Waals surface area contributed by atoms with Crippen LogP contribution in [0.5, 0.6) is 0 Å². The first kappa shape index (κ1) is 15.8. The summed E-state index contributed by atoms with van der Waals surface area (Å²) < 4.78 is 4.94. The first-order chi connectivity index (χ1) is 10.1. The molecule has 1 fully saturated rings. The molecule has 1 aliphatic rings. The van der Waals surface area contributed by atoms with E-state index in [1.165, 1.54) is 0 Å². The molecule has 21 heavy (non-hydrogen) atoms. The van der Waals surface area contributed by atoms with Crippen LogP contribution in [-0.2, 0) is 14.3 Å². The van der Waals surface area contributed by atoms with Gasteiger partial charge in [-0.05, 0) is 37.1 Å². The Morgan fingerprint density at radius 2 is 2.14 bits per heavy atom. The molecule has 0 aromatic heterocycles. The van der Waals surface area contributed by atoms with Crippen molar-refractivity contribution in [2.45, 2.75) is 25.3 Å². The maximum atomic E-state index is 12.2. The van der Waals surface area contributed by atoms with Gasteiger partial charge in [0, 0.05) is 37.4 Å². The average Bonchev–Trinajstić information content (AvgIpc) is 2.86. The van der Waals surface area contributed by atoms with Gasteiger partial charge in [-0.25, -0.2) is 0 Å². The van der Waals surface area contributed by atoms with Crippen molar-refractivity contribution in [3.05, 3.63) is 29.3 Å². The molecule has 1 unspecified atom stereocenters. The fraction of sp³-hybridized carbons (Fsp3) is 0.467. The van der Waals surface area contributed by atoms with Crippen LogP contribution in [0.4, 0.5) is 5.69 Å². The number of ether oxygens (including phenoxy) is 1. The molecule has 0 spiro atoms. The minimum atomic E-state index is -0.443. The van der Waals surface area contributed by atoms with E-state index in [4.69, 9.17) is 16.3 Å². The Labute approximate surface area is 129 Å². The first-order valence-corrected chi connectivity index (χ1v) is 7.35. The van der Waals surface area contributed by atoms with Crippen LogP contribution in [0.15, 0.2) is 24.3 Å². The van der Waals surface area contributed by atoms with Crippen molar-refractivity contribution in [1.82, 2.24) is 5.32 Å². The number of rotatable bonds is 6. The number of benzene rings is 1. The summed E-state index contributed by atoms with van der Waals surface area (Å²) >= 11 is 5.86. The molecule has 0 aliphatic carbocycles. The fourth-order valence-electron chi connectivity index (χ4n) is 2.40. The first-order valence-electron chi connectivity index (χ1n) is 6.97. The Morgan fingerprint density at radius 3 is 2.81 bits per heavy atom. The van der Waals surface area contributed by atoms with E-state index in [0.29, 0.717) is 36.7 Å². The summed E-state index contributed by atoms with van der Waals surface area (Å²) in [4.78, 5) is 25.8. The van der Waals surface area contributed by atoms with Gasteiger partial charge < -0.3 is 10.1 Å². The van der Waals surface area contributed by atoms with Crippen molar-refractivity contribution in [3.63, 3.8) is 0 Å². The summed E-state index contributed by atoms with van der Waals surface area (Å²) in [5, 5.41) is 3.45. The average molecular weight is 311 g/mol. The molecule has 114 valence electrons. The van der Waals surface area contributed by atoms with E-state index in [9.17, 15) is 9.59 Å². The van der Waals surface area contributed by atoms with Crippen molar-refractivity contribution in [1.29, 1.82) is 0 Å². The lowest BCUT2D eigenvalue weighted by Crippen LogP contribution is -2.45. The molecule has 5 nitrogen and oxygen atoms in total. The third-order valence-corrected chi connectivity index (χ3v) is 3.70. The van der Waals surface area contributed by atoms with Crippen LogP contribution in [0.1, 0.15) is 19.3 Å². The summed E-state index contributed by atoms with van der Waals surface area (Å²) in [6.07, 6.45) is 1.68. The summed E-state index contributed by atoms with van der Waals surface area (Å²) in [5.74, 6) is -0.152. The second kappa shape index (κ2) is 7.43. The highest BCUT2D eigenvalue weighted by atomic mass is 35.5. The fourth-order valence-corrected chi connectivity index (χ4v) is 2.53. The summed E-state index contributed by atoms with van der Waals surface area (Å²) in [7, 11) is 1.62. The summed E-state index contributed by atoms with van der Waals surface area (Å²) in [6, 6.07) is 6.51. The molecule has 2 amide bonds. The van der Waals surface area contributed by atoms with Crippen LogP contribution in [-0.4, -0.2) is 38.1 Å². The molecule has 1 aromatic carbocycles. The number of methoxy groups -OCH3 is 1. The number of amides is 2. The van der Waals surface area contributed by atoms with Crippen molar-refractivity contribution in [2.24, 2.45) is 0 Å². The largest absolute Gasteiger partial charge is 0.385 e. The van der Waals surface area contributed by atoms with Gasteiger partial charge in [0.15, 0.2) is 0 Å². The molecule has 1 saturated heterocycles. The van der Waals surface area contributed by atoms with Gasteiger partial charge in [-0.1, -0.05) is 11.6 Å². The Kier molecular flexibility index (Phi) is 5.59. The minimum absolute atomic E-state index is 0.0330. The van der Waals surface area contributed by atoms with Crippen molar-refractivity contribution >= 4 is 29.1 Å². The highest BCUT2D eigenvalue weighted by Gasteiger charge is 2.36. The predicted molar refractivity (Wildman–Crippen MR) is 81.5 cm³/mol. The molecular weight excluding hydrogens is 292 g/mol. The van der Waals surface area contributed by atoms with Crippen LogP contribution < -0.4 is 10.2 Å². The Bertz CT molecular complexity index is 504. The molecule has 6 heteroatoms. The number of nitrogens with zero attached hydrogens (tertiary/aromatic N) is 1. The Morgan fingerprint density at radius 1 is 1.43 bits per heavy atom. The van der Waals surface area contributed by atoms with Crippen molar-refractivity contribution in [2.75, 3.05) is 25.2 Å². The van der Waals surface area contributed by atoms with E-state index in [0.717, 1.165) is 6.42 Å². The van der Waals surface area contributed by atoms with E-state index in [1.807, 2.05) is 0 Å². The van der Waals surface area contributed by atoms with E-state index in [-0.39, 0.29) is 11.8 Å². The number of hydrogen-bond acceptors (Lipinski definition) is 3. The smallest absolute Gasteiger partial charge is 0.243 e. The van der Waals surface area contributed by atoms with E-state index >= 15 is 0 Å². The number of carbonyl (C=O) groups is 2. The minimum Gasteiger partial charge on any atom is -0.385 e. The van der Waals surface area contributed by atoms with Gasteiger partial charge in [0.05, 0.1) is 0 Å². The molecule has 1 atom stereocenters. The second-order valence-electron chi connectivity index (χ2n) is 4.93. The third-order valence-electron chi connectivity index (χ3n) is 3.44. The lowest BCUT2D eigenvalue weighted by Gasteiger charge is -2.24. The van der Waals surface area contributed by atoms with Crippen molar-refractivity contribution in [3.8, 4) is 0 Å². The number of hydrogen-bond donors (Lipinski definition) is 1. The van der Waals surface area contributed by atoms with Gasteiger partial charge >= 0.3 is 0 Å². The summed E-state index contributed by atoms with van der Waals surface area (Å²) in [5.41, 5.74) is 0.707. The predicted octanol–water partition coefficient (Wildman–Crippen LogP) is 1.99. The van der Waals surface area contributed by atoms with E-state index in [2.05, 4.69) is 5.32 Å². The van der Waals surface area contributed by atoms with Gasteiger partial charge in [0.2, 0.25) is 11.8 Å². The van der Waals surface area contributed by atoms with Gasteiger partial charge in [-0.15, -0.1) is 0 Å². The highest BCUT2D eigenvalue weighted by Crippen LogP contribution is 2.27. The standard InChI is InChI=1S/C15H19ClN2O3/c1-21-10-2-9-17-15(20)13-7-8-14(19)18(13)12-5-3-11(16)4-6-12/h3-6,13H,2,7-10H2,1H3,(H,17,20). The molecule has 0 bridgehead atoms. The molecule has 2 rings (SSSR count). The SMILES string of the molecule is COCCCNC(=O)C1CCC(=O)N1c1ccc(Cl)cc1. The maximum absolute atomic E-state index is 12.2. The van der Waals surface area contributed by atoms with Crippen molar-refractivity contribution < 1.29 is 14.3 Å². The zero-order chi connectivity index (χ0) is 15.2. The molecule has 1 heterocycles. The lowest BCUT2D eigenvalue weighted by molar-refractivity contribution is -0.123. The van der Waals surface area contributed by atoms with Crippen LogP contribution in [0.2, 0.25) is 5.02 Å². The molecule has 0 radical (unpaired) electrons. The van der Waals surface area contributed by atoms with Crippen LogP contribution in [0.25, 0.3) is 0 Å². The van der Waals surface area contributed by atoms with E-state index in [1.54, 1.807) is 36.3 Å². The molecule has 0 saturated carbocycles. The van der Waals surface area contributed by atoms with E-state index < -0.39 is 6.04 Å². The highest BCUT2D eigenvalue weighted by molar-refractivity contribution is 6.30. The zero-order valence-corrected chi connectivity index (χ0v) is 12.7. The molecular formula is C15H19ClN2O3. The van der Waals surface area contributed by atoms with Crippen LogP contribution in [0, 0.1) is 0 Å². The lowest BCUT2D eigenvalue weighted by atomic mass is 10.2. The van der Waals surface area contributed by atoms with Gasteiger partial charge in [-0.3, -0.25) is 14.5 Å². The summed E-state index contributed by atoms with van der Waals surface area (Å²) in [6.45, 7) is 1.15. The normalized spacial score (nSPS) is 18.1. The molecule has 1 aliphatic heterocycles. The quantitative estimate of drug-likeness (QED) is 0.818.